The predicted molar refractivity (Wildman–Crippen MR) is 219 cm³/mol. The molecule has 0 amide bonds. The molecule has 0 aliphatic heterocycles. The van der Waals surface area contributed by atoms with Gasteiger partial charge >= 0.3 is 11.9 Å². The zero-order valence-corrected chi connectivity index (χ0v) is 35.3. The molecule has 2 atom stereocenters. The van der Waals surface area contributed by atoms with Crippen molar-refractivity contribution < 1.29 is 38.7 Å². The number of rotatable bonds is 10. The van der Waals surface area contributed by atoms with E-state index >= 15 is 0 Å². The van der Waals surface area contributed by atoms with Gasteiger partial charge in [-0.3, -0.25) is 19.6 Å². The van der Waals surface area contributed by atoms with Crippen molar-refractivity contribution in [2.24, 2.45) is 0 Å². The summed E-state index contributed by atoms with van der Waals surface area (Å²) in [5.41, 5.74) is 4.90. The Hall–Kier alpha value is -4.26. The molecule has 0 aliphatic rings. The van der Waals surface area contributed by atoms with E-state index in [1.54, 1.807) is 60.5 Å². The maximum atomic E-state index is 11.4. The lowest BCUT2D eigenvalue weighted by molar-refractivity contribution is -0.141. The first-order chi connectivity index (χ1) is 25.2. The van der Waals surface area contributed by atoms with Crippen LogP contribution >= 0.6 is 15.9 Å². The summed E-state index contributed by atoms with van der Waals surface area (Å²) in [7, 11) is 11.7. The molecule has 0 spiro atoms. The number of pyridine rings is 2. The third-order valence-corrected chi connectivity index (χ3v) is 9.71. The highest BCUT2D eigenvalue weighted by Crippen LogP contribution is 2.34. The molecule has 2 aromatic carbocycles. The molecule has 2 heterocycles. The van der Waals surface area contributed by atoms with Crippen LogP contribution in [0.5, 0.6) is 11.5 Å². The third-order valence-electron chi connectivity index (χ3n) is 8.70. The quantitative estimate of drug-likeness (QED) is 0.122. The van der Waals surface area contributed by atoms with Crippen LogP contribution in [-0.4, -0.2) is 79.6 Å². The molecule has 10 nitrogen and oxygen atoms in total. The van der Waals surface area contributed by atoms with E-state index in [0.717, 1.165) is 43.8 Å². The van der Waals surface area contributed by atoms with E-state index in [1.165, 1.54) is 19.8 Å². The van der Waals surface area contributed by atoms with Crippen molar-refractivity contribution in [1.29, 1.82) is 0 Å². The second-order valence-electron chi connectivity index (χ2n) is 13.8. The van der Waals surface area contributed by atoms with Crippen molar-refractivity contribution >= 4 is 41.2 Å². The fraction of sp³-hybridized carbons (Fsp3) is 0.429. The highest BCUT2D eigenvalue weighted by atomic mass is 79.9. The lowest BCUT2D eigenvalue weighted by atomic mass is 9.90. The van der Waals surface area contributed by atoms with Gasteiger partial charge in [-0.05, 0) is 110 Å². The van der Waals surface area contributed by atoms with Crippen LogP contribution in [0.3, 0.4) is 0 Å². The first-order valence-corrected chi connectivity index (χ1v) is 18.2. The van der Waals surface area contributed by atoms with Crippen molar-refractivity contribution in [1.82, 2.24) is 9.97 Å². The number of aromatic nitrogens is 2. The Labute approximate surface area is 331 Å². The number of hydrogen-bond donors (Lipinski definition) is 2. The number of methoxy groups -OCH3 is 4. The Kier molecular flexibility index (Phi) is 20.2. The van der Waals surface area contributed by atoms with Gasteiger partial charge in [0.1, 0.15) is 19.3 Å². The number of carbonyl (C=O) groups excluding carboxylic acids is 2. The Morgan fingerprint density at radius 2 is 1.17 bits per heavy atom. The largest absolute Gasteiger partial charge is 0.496 e. The molecule has 4 aromatic rings. The standard InChI is InChI=1S/C18H21NO3.C10H12BNO2.C8H9BrO.C6H14O2/c1-12-6-5-7-16(21-3)18(12)15-9-14(10-19-11-15)13(2)8-17(20)22-4;1-7(3-10(13)14-2)8-4-9(11)6-12-5-8;1-6-4-3-5-7(10-2)8(6)9;1-5(2,7)6(3,4)8/h5-7,9-11,13H,8H2,1-4H3;4-7H,3H2,1-2H3;3-5H,1-2H3;7-8H,1-4H3/t13-;7-;;/m00../s1. The van der Waals surface area contributed by atoms with Crippen LogP contribution < -0.4 is 14.9 Å². The first-order valence-electron chi connectivity index (χ1n) is 17.4. The van der Waals surface area contributed by atoms with E-state index < -0.39 is 11.2 Å². The van der Waals surface area contributed by atoms with Gasteiger partial charge in [-0.15, -0.1) is 0 Å². The van der Waals surface area contributed by atoms with Gasteiger partial charge in [0.05, 0.1) is 57.0 Å². The SMILES string of the molecule is CC(C)(O)C(C)(C)O.COC(=O)C[C@H](C)c1cncc(-c2c(C)cccc2OC)c1.COc1cccc(C)c1Br.[B]c1cncc([C@@H](C)CC(=O)OC)c1. The van der Waals surface area contributed by atoms with Gasteiger partial charge in [-0.2, -0.15) is 0 Å². The Morgan fingerprint density at radius 1 is 0.722 bits per heavy atom. The molecule has 2 radical (unpaired) electrons. The number of carbonyl (C=O) groups is 2. The van der Waals surface area contributed by atoms with Crippen LogP contribution in [0.25, 0.3) is 11.1 Å². The second kappa shape index (κ2) is 22.8. The number of esters is 2. The number of halogens is 1. The van der Waals surface area contributed by atoms with Gasteiger partial charge in [0.25, 0.3) is 0 Å². The number of hydrogen-bond acceptors (Lipinski definition) is 10. The van der Waals surface area contributed by atoms with Crippen LogP contribution in [0.2, 0.25) is 0 Å². The highest BCUT2D eigenvalue weighted by Gasteiger charge is 2.32. The van der Waals surface area contributed by atoms with Gasteiger partial charge in [0.2, 0.25) is 0 Å². The summed E-state index contributed by atoms with van der Waals surface area (Å²) in [5, 5.41) is 18.2. The number of ether oxygens (including phenoxy) is 4. The summed E-state index contributed by atoms with van der Waals surface area (Å²) in [5.74, 6) is 1.40. The average molecular weight is 808 g/mol. The fourth-order valence-corrected chi connectivity index (χ4v) is 4.90. The molecule has 292 valence electrons. The predicted octanol–water partition coefficient (Wildman–Crippen LogP) is 7.57. The number of aryl methyl sites for hydroxylation is 2. The molecular weight excluding hydrogens is 751 g/mol. The summed E-state index contributed by atoms with van der Waals surface area (Å²) in [6.07, 6.45) is 7.59. The summed E-state index contributed by atoms with van der Waals surface area (Å²) < 4.78 is 20.9. The van der Waals surface area contributed by atoms with Gasteiger partial charge in [-0.1, -0.05) is 49.6 Å². The van der Waals surface area contributed by atoms with Crippen molar-refractivity contribution in [3.63, 3.8) is 0 Å². The normalized spacial score (nSPS) is 11.8. The minimum atomic E-state index is -1.01. The van der Waals surface area contributed by atoms with Gasteiger partial charge in [0.15, 0.2) is 0 Å². The van der Waals surface area contributed by atoms with Crippen LogP contribution in [0, 0.1) is 13.8 Å². The molecule has 0 saturated carbocycles. The van der Waals surface area contributed by atoms with Crippen LogP contribution in [0.15, 0.2) is 77.8 Å². The summed E-state index contributed by atoms with van der Waals surface area (Å²) in [6.45, 7) is 14.3. The molecule has 4 rings (SSSR count). The summed E-state index contributed by atoms with van der Waals surface area (Å²) in [6, 6.07) is 15.8. The molecule has 12 heteroatoms. The van der Waals surface area contributed by atoms with Gasteiger partial charge in [0, 0.05) is 35.9 Å². The molecule has 0 aliphatic carbocycles. The Balaban J connectivity index is 0.000000391. The Morgan fingerprint density at radius 3 is 1.59 bits per heavy atom. The van der Waals surface area contributed by atoms with Crippen molar-refractivity contribution in [2.45, 2.75) is 91.3 Å². The van der Waals surface area contributed by atoms with E-state index in [9.17, 15) is 9.59 Å². The Bertz CT molecular complexity index is 1760. The molecule has 2 N–H and O–H groups in total. The molecule has 0 saturated heterocycles. The summed E-state index contributed by atoms with van der Waals surface area (Å²) in [4.78, 5) is 30.7. The number of aliphatic hydroxyl groups is 2. The molecule has 2 aromatic heterocycles. The first kappa shape index (κ1) is 47.8. The molecule has 0 fully saturated rings. The highest BCUT2D eigenvalue weighted by molar-refractivity contribution is 9.10. The average Bonchev–Trinajstić information content (AvgIpc) is 3.12. The van der Waals surface area contributed by atoms with Gasteiger partial charge < -0.3 is 29.2 Å². The lowest BCUT2D eigenvalue weighted by Gasteiger charge is -2.31. The summed E-state index contributed by atoms with van der Waals surface area (Å²) >= 11 is 3.42. The third kappa shape index (κ3) is 16.0. The van der Waals surface area contributed by atoms with Crippen LogP contribution in [0.1, 0.15) is 88.5 Å². The van der Waals surface area contributed by atoms with E-state index in [0.29, 0.717) is 18.3 Å². The van der Waals surface area contributed by atoms with E-state index in [-0.39, 0.29) is 23.8 Å². The smallest absolute Gasteiger partial charge is 0.306 e. The number of nitrogens with zero attached hydrogens (tertiary/aromatic N) is 2. The fourth-order valence-electron chi connectivity index (χ4n) is 4.47. The van der Waals surface area contributed by atoms with Gasteiger partial charge in [-0.25, -0.2) is 0 Å². The minimum absolute atomic E-state index is 0.0508. The molecule has 0 unspecified atom stereocenters. The van der Waals surface area contributed by atoms with Crippen molar-refractivity contribution in [3.05, 3.63) is 100 Å². The van der Waals surface area contributed by atoms with Crippen molar-refractivity contribution in [3.8, 4) is 22.6 Å². The maximum absolute atomic E-state index is 11.4. The molecular formula is C42H56BBrN2O8. The molecule has 0 bridgehead atoms. The second-order valence-corrected chi connectivity index (χ2v) is 14.6. The number of benzene rings is 2. The van der Waals surface area contributed by atoms with E-state index in [2.05, 4.69) is 36.7 Å². The minimum Gasteiger partial charge on any atom is -0.496 e. The van der Waals surface area contributed by atoms with Crippen molar-refractivity contribution in [2.75, 3.05) is 28.4 Å². The van der Waals surface area contributed by atoms with E-state index in [1.807, 2.05) is 76.4 Å². The van der Waals surface area contributed by atoms with Crippen LogP contribution in [0.4, 0.5) is 0 Å². The monoisotopic (exact) mass is 806 g/mol. The lowest BCUT2D eigenvalue weighted by Crippen LogP contribution is -2.44. The zero-order chi connectivity index (χ0) is 41.2. The van der Waals surface area contributed by atoms with Crippen LogP contribution in [-0.2, 0) is 19.1 Å². The zero-order valence-electron chi connectivity index (χ0n) is 33.7. The topological polar surface area (TPSA) is 137 Å². The maximum Gasteiger partial charge on any atom is 0.306 e. The van der Waals surface area contributed by atoms with E-state index in [4.69, 9.17) is 32.3 Å². The molecule has 54 heavy (non-hydrogen) atoms.